The average molecular weight is 225 g/mol. The van der Waals surface area contributed by atoms with Crippen molar-refractivity contribution in [3.8, 4) is 0 Å². The molecule has 0 spiro atoms. The number of carbonyl (C=O) groups excluding carboxylic acids is 1. The van der Waals surface area contributed by atoms with Crippen LogP contribution >= 0.6 is 0 Å². The maximum atomic E-state index is 11.8. The largest absolute Gasteiger partial charge is 0.391 e. The van der Waals surface area contributed by atoms with E-state index in [1.54, 1.807) is 0 Å². The van der Waals surface area contributed by atoms with Gasteiger partial charge in [0, 0.05) is 12.5 Å². The topological polar surface area (TPSA) is 49.3 Å². The Morgan fingerprint density at radius 2 is 2.00 bits per heavy atom. The van der Waals surface area contributed by atoms with Crippen LogP contribution in [0, 0.1) is 23.7 Å². The van der Waals surface area contributed by atoms with E-state index < -0.39 is 0 Å². The molecule has 2 aliphatic carbocycles. The lowest BCUT2D eigenvalue weighted by Crippen LogP contribution is -2.34. The Kier molecular flexibility index (Phi) is 3.53. The first kappa shape index (κ1) is 11.9. The molecular weight excluding hydrogens is 202 g/mol. The second-order valence-electron chi connectivity index (χ2n) is 5.81. The molecule has 2 N–H and O–H groups in total. The van der Waals surface area contributed by atoms with E-state index >= 15 is 0 Å². The number of fused-ring (bicyclic) bond motifs is 1. The summed E-state index contributed by atoms with van der Waals surface area (Å²) in [6.07, 6.45) is 4.14. The highest BCUT2D eigenvalue weighted by atomic mass is 16.3. The number of carbonyl (C=O) groups is 1. The molecule has 3 nitrogen and oxygen atoms in total. The molecule has 2 rings (SSSR count). The van der Waals surface area contributed by atoms with Gasteiger partial charge in [0.25, 0.3) is 0 Å². The molecule has 2 saturated carbocycles. The third kappa shape index (κ3) is 2.57. The summed E-state index contributed by atoms with van der Waals surface area (Å²) in [5, 5.41) is 12.5. The highest BCUT2D eigenvalue weighted by molar-refractivity contribution is 5.82. The Balaban J connectivity index is 1.65. The maximum absolute atomic E-state index is 11.8. The van der Waals surface area contributed by atoms with E-state index in [4.69, 9.17) is 0 Å². The third-order valence-corrected chi connectivity index (χ3v) is 3.96. The lowest BCUT2D eigenvalue weighted by molar-refractivity contribution is -0.123. The number of hydrogen-bond donors (Lipinski definition) is 2. The van der Waals surface area contributed by atoms with Gasteiger partial charge in [-0.1, -0.05) is 20.3 Å². The van der Waals surface area contributed by atoms with Gasteiger partial charge in [0.15, 0.2) is 0 Å². The fourth-order valence-corrected chi connectivity index (χ4v) is 3.17. The first-order valence-corrected chi connectivity index (χ1v) is 6.55. The third-order valence-electron chi connectivity index (χ3n) is 3.96. The molecule has 0 aromatic rings. The first-order chi connectivity index (χ1) is 7.59. The molecule has 1 amide bonds. The minimum Gasteiger partial charge on any atom is -0.391 e. The van der Waals surface area contributed by atoms with Gasteiger partial charge in [-0.25, -0.2) is 0 Å². The van der Waals surface area contributed by atoms with E-state index in [1.165, 1.54) is 19.3 Å². The van der Waals surface area contributed by atoms with Gasteiger partial charge in [-0.2, -0.15) is 0 Å². The predicted octanol–water partition coefficient (Wildman–Crippen LogP) is 1.56. The summed E-state index contributed by atoms with van der Waals surface area (Å²) in [5.74, 6) is 2.27. The van der Waals surface area contributed by atoms with Crippen molar-refractivity contribution >= 4 is 5.91 Å². The number of rotatable bonds is 5. The van der Waals surface area contributed by atoms with Gasteiger partial charge in [0.05, 0.1) is 6.10 Å². The molecule has 0 radical (unpaired) electrons. The highest BCUT2D eigenvalue weighted by Crippen LogP contribution is 2.57. The number of aliphatic hydroxyl groups is 1. The number of amides is 1. The SMILES string of the molecule is CC(C)CC(O)CNC(=O)C1C2CCCC21. The Bertz CT molecular complexity index is 255. The Labute approximate surface area is 97.6 Å². The van der Waals surface area contributed by atoms with E-state index in [2.05, 4.69) is 19.2 Å². The monoisotopic (exact) mass is 225 g/mol. The van der Waals surface area contributed by atoms with Crippen molar-refractivity contribution in [1.29, 1.82) is 0 Å². The summed E-state index contributed by atoms with van der Waals surface area (Å²) in [6, 6.07) is 0. The number of aliphatic hydroxyl groups excluding tert-OH is 1. The van der Waals surface area contributed by atoms with Gasteiger partial charge in [-0.3, -0.25) is 4.79 Å². The highest BCUT2D eigenvalue weighted by Gasteiger charge is 2.56. The molecule has 0 aromatic heterocycles. The van der Waals surface area contributed by atoms with Crippen LogP contribution in [-0.4, -0.2) is 23.7 Å². The molecule has 16 heavy (non-hydrogen) atoms. The van der Waals surface area contributed by atoms with Crippen LogP contribution in [-0.2, 0) is 4.79 Å². The molecule has 3 atom stereocenters. The molecular formula is C13H23NO2. The molecule has 92 valence electrons. The van der Waals surface area contributed by atoms with Crippen LogP contribution in [0.25, 0.3) is 0 Å². The lowest BCUT2D eigenvalue weighted by atomic mass is 10.1. The number of hydrogen-bond acceptors (Lipinski definition) is 2. The lowest BCUT2D eigenvalue weighted by Gasteiger charge is -2.14. The fourth-order valence-electron chi connectivity index (χ4n) is 3.17. The van der Waals surface area contributed by atoms with Gasteiger partial charge in [0.2, 0.25) is 5.91 Å². The molecule has 0 aliphatic heterocycles. The van der Waals surface area contributed by atoms with E-state index in [0.717, 1.165) is 6.42 Å². The molecule has 2 fully saturated rings. The van der Waals surface area contributed by atoms with Gasteiger partial charge < -0.3 is 10.4 Å². The van der Waals surface area contributed by atoms with Crippen LogP contribution < -0.4 is 5.32 Å². The summed E-state index contributed by atoms with van der Waals surface area (Å²) < 4.78 is 0. The average Bonchev–Trinajstić information content (AvgIpc) is 2.68. The molecule has 0 aromatic carbocycles. The van der Waals surface area contributed by atoms with E-state index in [1.807, 2.05) is 0 Å². The zero-order valence-electron chi connectivity index (χ0n) is 10.3. The molecule has 3 unspecified atom stereocenters. The minimum absolute atomic E-state index is 0.178. The summed E-state index contributed by atoms with van der Waals surface area (Å²) in [4.78, 5) is 11.8. The van der Waals surface area contributed by atoms with Gasteiger partial charge >= 0.3 is 0 Å². The van der Waals surface area contributed by atoms with Gasteiger partial charge in [-0.05, 0) is 37.0 Å². The second kappa shape index (κ2) is 4.74. The van der Waals surface area contributed by atoms with Crippen LogP contribution in [0.15, 0.2) is 0 Å². The van der Waals surface area contributed by atoms with Gasteiger partial charge in [-0.15, -0.1) is 0 Å². The van der Waals surface area contributed by atoms with Crippen molar-refractivity contribution in [2.75, 3.05) is 6.54 Å². The van der Waals surface area contributed by atoms with Crippen molar-refractivity contribution in [3.05, 3.63) is 0 Å². The van der Waals surface area contributed by atoms with Crippen molar-refractivity contribution in [1.82, 2.24) is 5.32 Å². The quantitative estimate of drug-likeness (QED) is 0.746. The normalized spacial score (nSPS) is 33.6. The van der Waals surface area contributed by atoms with Crippen molar-refractivity contribution in [2.45, 2.75) is 45.6 Å². The zero-order valence-corrected chi connectivity index (χ0v) is 10.3. The Morgan fingerprint density at radius 3 is 2.56 bits per heavy atom. The second-order valence-corrected chi connectivity index (χ2v) is 5.81. The van der Waals surface area contributed by atoms with Crippen molar-refractivity contribution in [3.63, 3.8) is 0 Å². The molecule has 0 saturated heterocycles. The zero-order chi connectivity index (χ0) is 11.7. The van der Waals surface area contributed by atoms with Gasteiger partial charge in [0.1, 0.15) is 0 Å². The summed E-state index contributed by atoms with van der Waals surface area (Å²) in [6.45, 7) is 4.58. The van der Waals surface area contributed by atoms with Crippen molar-refractivity contribution < 1.29 is 9.90 Å². The standard InChI is InChI=1S/C13H23NO2/c1-8(2)6-9(15)7-14-13(16)12-10-4-3-5-11(10)12/h8-12,15H,3-7H2,1-2H3,(H,14,16). The smallest absolute Gasteiger partial charge is 0.223 e. The molecule has 0 bridgehead atoms. The predicted molar refractivity (Wildman–Crippen MR) is 62.8 cm³/mol. The van der Waals surface area contributed by atoms with E-state index in [0.29, 0.717) is 24.3 Å². The minimum atomic E-state index is -0.387. The van der Waals surface area contributed by atoms with E-state index in [-0.39, 0.29) is 17.9 Å². The summed E-state index contributed by atoms with van der Waals surface area (Å²) in [5.41, 5.74) is 0. The Hall–Kier alpha value is -0.570. The van der Waals surface area contributed by atoms with Crippen LogP contribution in [0.3, 0.4) is 0 Å². The van der Waals surface area contributed by atoms with Crippen LogP contribution in [0.2, 0.25) is 0 Å². The Morgan fingerprint density at radius 1 is 1.38 bits per heavy atom. The van der Waals surface area contributed by atoms with Crippen molar-refractivity contribution in [2.24, 2.45) is 23.7 Å². The van der Waals surface area contributed by atoms with Crippen LogP contribution in [0.1, 0.15) is 39.5 Å². The number of nitrogens with one attached hydrogen (secondary N) is 1. The molecule has 3 heteroatoms. The first-order valence-electron chi connectivity index (χ1n) is 6.55. The summed E-state index contributed by atoms with van der Waals surface area (Å²) in [7, 11) is 0. The van der Waals surface area contributed by atoms with E-state index in [9.17, 15) is 9.90 Å². The molecule has 2 aliphatic rings. The summed E-state index contributed by atoms with van der Waals surface area (Å²) >= 11 is 0. The maximum Gasteiger partial charge on any atom is 0.223 e. The molecule has 0 heterocycles. The fraction of sp³-hybridized carbons (Fsp3) is 0.923. The van der Waals surface area contributed by atoms with Crippen LogP contribution in [0.5, 0.6) is 0 Å². The van der Waals surface area contributed by atoms with Crippen LogP contribution in [0.4, 0.5) is 0 Å².